The van der Waals surface area contributed by atoms with E-state index in [1.807, 2.05) is 11.8 Å². The number of carbonyl (C=O) groups excluding carboxylic acids is 1. The number of nitrogens with zero attached hydrogens (tertiary/aromatic N) is 2. The topological polar surface area (TPSA) is 87.3 Å². The maximum absolute atomic E-state index is 12.5. The molecule has 144 valence electrons. The number of hydrogen-bond acceptors (Lipinski definition) is 5. The Hall–Kier alpha value is -1.89. The number of anilines is 1. The van der Waals surface area contributed by atoms with Crippen LogP contribution in [-0.4, -0.2) is 48.2 Å². The van der Waals surface area contributed by atoms with E-state index in [2.05, 4.69) is 22.2 Å². The van der Waals surface area contributed by atoms with Crippen LogP contribution >= 0.6 is 0 Å². The molecular formula is C19H30N4O3. The van der Waals surface area contributed by atoms with Crippen molar-refractivity contribution in [2.24, 2.45) is 5.92 Å². The average molecular weight is 362 g/mol. The Bertz CT molecular complexity index is 682. The summed E-state index contributed by atoms with van der Waals surface area (Å²) in [7, 11) is 0. The monoisotopic (exact) mass is 362 g/mol. The predicted octanol–water partition coefficient (Wildman–Crippen LogP) is 1.54. The van der Waals surface area contributed by atoms with Crippen molar-refractivity contribution in [2.45, 2.75) is 58.4 Å². The highest BCUT2D eigenvalue weighted by atomic mass is 16.5. The lowest BCUT2D eigenvalue weighted by Gasteiger charge is -2.29. The lowest BCUT2D eigenvalue weighted by atomic mass is 9.86. The molecule has 0 aromatic carbocycles. The van der Waals surface area contributed by atoms with Gasteiger partial charge in [0.1, 0.15) is 0 Å². The second-order valence-corrected chi connectivity index (χ2v) is 7.49. The summed E-state index contributed by atoms with van der Waals surface area (Å²) in [5.74, 6) is 1.16. The number of amides is 1. The molecule has 2 unspecified atom stereocenters. The number of ether oxygens (including phenoxy) is 1. The third-order valence-electron chi connectivity index (χ3n) is 5.58. The molecule has 0 radical (unpaired) electrons. The Balaban J connectivity index is 1.59. The van der Waals surface area contributed by atoms with Crippen LogP contribution in [0.15, 0.2) is 4.79 Å². The molecule has 3 rings (SSSR count). The van der Waals surface area contributed by atoms with Crippen molar-refractivity contribution >= 4 is 11.9 Å². The number of nitrogens with one attached hydrogen (secondary N) is 2. The number of morpholine rings is 1. The first-order valence-electron chi connectivity index (χ1n) is 9.76. The summed E-state index contributed by atoms with van der Waals surface area (Å²) in [6, 6.07) is 0.275. The van der Waals surface area contributed by atoms with E-state index < -0.39 is 0 Å². The second-order valence-electron chi connectivity index (χ2n) is 7.49. The highest BCUT2D eigenvalue weighted by Gasteiger charge is 2.23. The molecule has 2 N–H and O–H groups in total. The summed E-state index contributed by atoms with van der Waals surface area (Å²) in [6.07, 6.45) is 5.42. The van der Waals surface area contributed by atoms with Crippen LogP contribution < -0.4 is 15.8 Å². The van der Waals surface area contributed by atoms with E-state index in [0.29, 0.717) is 49.2 Å². The molecule has 1 saturated heterocycles. The zero-order chi connectivity index (χ0) is 18.5. The molecule has 1 aromatic rings. The van der Waals surface area contributed by atoms with E-state index >= 15 is 0 Å². The van der Waals surface area contributed by atoms with Gasteiger partial charge in [-0.1, -0.05) is 19.8 Å². The Morgan fingerprint density at radius 1 is 1.31 bits per heavy atom. The molecule has 2 heterocycles. The van der Waals surface area contributed by atoms with E-state index in [9.17, 15) is 9.59 Å². The Labute approximate surface area is 154 Å². The Morgan fingerprint density at radius 2 is 2.04 bits per heavy atom. The van der Waals surface area contributed by atoms with Crippen LogP contribution in [-0.2, 0) is 16.0 Å². The van der Waals surface area contributed by atoms with Crippen molar-refractivity contribution in [3.8, 4) is 0 Å². The SMILES string of the molecule is Cc1nc(N2CCOCC2)[nH]c(=O)c1CCC(=O)NC1CCCCC1C. The van der Waals surface area contributed by atoms with Crippen LogP contribution in [0.2, 0.25) is 0 Å². The highest BCUT2D eigenvalue weighted by molar-refractivity contribution is 5.76. The maximum Gasteiger partial charge on any atom is 0.255 e. The van der Waals surface area contributed by atoms with Crippen molar-refractivity contribution in [1.29, 1.82) is 0 Å². The first-order valence-corrected chi connectivity index (χ1v) is 9.76. The van der Waals surface area contributed by atoms with E-state index in [4.69, 9.17) is 4.74 Å². The van der Waals surface area contributed by atoms with Gasteiger partial charge in [-0.25, -0.2) is 4.98 Å². The third kappa shape index (κ3) is 4.63. The van der Waals surface area contributed by atoms with Gasteiger partial charge in [0.05, 0.1) is 13.2 Å². The number of aryl methyl sites for hydroxylation is 1. The lowest BCUT2D eigenvalue weighted by Crippen LogP contribution is -2.41. The zero-order valence-corrected chi connectivity index (χ0v) is 15.8. The summed E-state index contributed by atoms with van der Waals surface area (Å²) in [6.45, 7) is 6.78. The zero-order valence-electron chi connectivity index (χ0n) is 15.8. The smallest absolute Gasteiger partial charge is 0.255 e. The van der Waals surface area contributed by atoms with E-state index in [1.165, 1.54) is 19.3 Å². The predicted molar refractivity (Wildman–Crippen MR) is 101 cm³/mol. The summed E-state index contributed by atoms with van der Waals surface area (Å²) < 4.78 is 5.33. The molecule has 2 fully saturated rings. The number of aromatic amines is 1. The Morgan fingerprint density at radius 3 is 2.73 bits per heavy atom. The standard InChI is InChI=1S/C19H30N4O3/c1-13-5-3-4-6-16(13)21-17(24)8-7-15-14(2)20-19(22-18(15)25)23-9-11-26-12-10-23/h13,16H,3-12H2,1-2H3,(H,21,24)(H,20,22,25). The van der Waals surface area contributed by atoms with Crippen LogP contribution in [0.25, 0.3) is 0 Å². The van der Waals surface area contributed by atoms with E-state index in [0.717, 1.165) is 19.5 Å². The van der Waals surface area contributed by atoms with Gasteiger partial charge < -0.3 is 15.0 Å². The summed E-state index contributed by atoms with van der Waals surface area (Å²) >= 11 is 0. The molecule has 2 aliphatic rings. The molecule has 7 heteroatoms. The van der Waals surface area contributed by atoms with E-state index in [1.54, 1.807) is 0 Å². The molecule has 1 aliphatic carbocycles. The van der Waals surface area contributed by atoms with Gasteiger partial charge in [-0.2, -0.15) is 0 Å². The first kappa shape index (κ1) is 18.9. The molecular weight excluding hydrogens is 332 g/mol. The van der Waals surface area contributed by atoms with Crippen molar-refractivity contribution in [1.82, 2.24) is 15.3 Å². The number of carbonyl (C=O) groups is 1. The average Bonchev–Trinajstić information content (AvgIpc) is 2.63. The molecule has 1 aromatic heterocycles. The van der Waals surface area contributed by atoms with Crippen LogP contribution in [0, 0.1) is 12.8 Å². The van der Waals surface area contributed by atoms with E-state index in [-0.39, 0.29) is 17.5 Å². The minimum Gasteiger partial charge on any atom is -0.378 e. The molecule has 1 aliphatic heterocycles. The molecule has 1 saturated carbocycles. The highest BCUT2D eigenvalue weighted by Crippen LogP contribution is 2.23. The third-order valence-corrected chi connectivity index (χ3v) is 5.58. The van der Waals surface area contributed by atoms with Crippen LogP contribution in [0.5, 0.6) is 0 Å². The number of H-pyrrole nitrogens is 1. The van der Waals surface area contributed by atoms with Gasteiger partial charge in [-0.15, -0.1) is 0 Å². The van der Waals surface area contributed by atoms with Gasteiger partial charge in [0, 0.05) is 36.8 Å². The molecule has 1 amide bonds. The van der Waals surface area contributed by atoms with Crippen molar-refractivity contribution < 1.29 is 9.53 Å². The normalized spacial score (nSPS) is 23.7. The van der Waals surface area contributed by atoms with Gasteiger partial charge in [-0.05, 0) is 32.1 Å². The van der Waals surface area contributed by atoms with Gasteiger partial charge >= 0.3 is 0 Å². The fourth-order valence-corrected chi connectivity index (χ4v) is 3.86. The van der Waals surface area contributed by atoms with Gasteiger partial charge in [0.25, 0.3) is 5.56 Å². The molecule has 2 atom stereocenters. The van der Waals surface area contributed by atoms with Crippen LogP contribution in [0.3, 0.4) is 0 Å². The van der Waals surface area contributed by atoms with Gasteiger partial charge in [0.2, 0.25) is 11.9 Å². The van der Waals surface area contributed by atoms with Crippen molar-refractivity contribution in [2.75, 3.05) is 31.2 Å². The molecule has 0 bridgehead atoms. The quantitative estimate of drug-likeness (QED) is 0.830. The first-order chi connectivity index (χ1) is 12.5. The minimum absolute atomic E-state index is 0.0276. The summed E-state index contributed by atoms with van der Waals surface area (Å²) in [4.78, 5) is 34.2. The van der Waals surface area contributed by atoms with Crippen LogP contribution in [0.1, 0.15) is 50.3 Å². The summed E-state index contributed by atoms with van der Waals surface area (Å²) in [5.41, 5.74) is 1.17. The van der Waals surface area contributed by atoms with Crippen LogP contribution in [0.4, 0.5) is 5.95 Å². The molecule has 26 heavy (non-hydrogen) atoms. The fraction of sp³-hybridized carbons (Fsp3) is 0.737. The molecule has 7 nitrogen and oxygen atoms in total. The molecule has 0 spiro atoms. The Kier molecular flexibility index (Phi) is 6.29. The lowest BCUT2D eigenvalue weighted by molar-refractivity contribution is -0.122. The second kappa shape index (κ2) is 8.66. The minimum atomic E-state index is -0.141. The number of rotatable bonds is 5. The fourth-order valence-electron chi connectivity index (χ4n) is 3.86. The maximum atomic E-state index is 12.5. The van der Waals surface area contributed by atoms with Gasteiger partial charge in [0.15, 0.2) is 0 Å². The number of hydrogen-bond donors (Lipinski definition) is 2. The largest absolute Gasteiger partial charge is 0.378 e. The van der Waals surface area contributed by atoms with Gasteiger partial charge in [-0.3, -0.25) is 14.6 Å². The van der Waals surface area contributed by atoms with Crippen molar-refractivity contribution in [3.63, 3.8) is 0 Å². The van der Waals surface area contributed by atoms with Crippen molar-refractivity contribution in [3.05, 3.63) is 21.6 Å². The number of aromatic nitrogens is 2. The summed E-state index contributed by atoms with van der Waals surface area (Å²) in [5, 5.41) is 3.15.